The second-order valence-electron chi connectivity index (χ2n) is 7.57. The van der Waals surface area contributed by atoms with Gasteiger partial charge in [-0.25, -0.2) is 8.42 Å². The lowest BCUT2D eigenvalue weighted by Gasteiger charge is -2.27. The highest BCUT2D eigenvalue weighted by molar-refractivity contribution is 7.91. The van der Waals surface area contributed by atoms with Crippen LogP contribution in [0, 0.1) is 10.1 Å². The van der Waals surface area contributed by atoms with E-state index in [1.807, 2.05) is 6.07 Å². The summed E-state index contributed by atoms with van der Waals surface area (Å²) in [5.41, 5.74) is 0.885. The number of amides is 1. The largest absolute Gasteiger partial charge is 0.459 e. The van der Waals surface area contributed by atoms with Crippen molar-refractivity contribution in [1.29, 1.82) is 0 Å². The van der Waals surface area contributed by atoms with Crippen LogP contribution >= 0.6 is 11.6 Å². The Hall–Kier alpha value is -3.17. The van der Waals surface area contributed by atoms with Gasteiger partial charge >= 0.3 is 0 Å². The minimum absolute atomic E-state index is 0.00757. The van der Waals surface area contributed by atoms with E-state index in [1.165, 1.54) is 29.2 Å². The highest BCUT2D eigenvalue weighted by Crippen LogP contribution is 2.28. The van der Waals surface area contributed by atoms with Crippen molar-refractivity contribution in [3.8, 4) is 11.3 Å². The van der Waals surface area contributed by atoms with Gasteiger partial charge in [0, 0.05) is 34.3 Å². The number of halogens is 1. The van der Waals surface area contributed by atoms with Gasteiger partial charge in [-0.2, -0.15) is 0 Å². The van der Waals surface area contributed by atoms with Crippen molar-refractivity contribution < 1.29 is 22.6 Å². The number of hydrogen-bond donors (Lipinski definition) is 0. The quantitative estimate of drug-likeness (QED) is 0.388. The molecule has 10 heteroatoms. The number of rotatable bonds is 6. The van der Waals surface area contributed by atoms with Crippen LogP contribution in [0.3, 0.4) is 0 Å². The molecule has 1 aliphatic rings. The van der Waals surface area contributed by atoms with Crippen LogP contribution in [0.1, 0.15) is 22.5 Å². The lowest BCUT2D eigenvalue weighted by molar-refractivity contribution is -0.384. The zero-order valence-corrected chi connectivity index (χ0v) is 18.4. The third-order valence-corrected chi connectivity index (χ3v) is 7.32. The van der Waals surface area contributed by atoms with Gasteiger partial charge < -0.3 is 9.32 Å². The number of nitrogens with zero attached hydrogens (tertiary/aromatic N) is 2. The van der Waals surface area contributed by atoms with Gasteiger partial charge in [0.1, 0.15) is 11.5 Å². The maximum absolute atomic E-state index is 13.3. The maximum atomic E-state index is 13.3. The number of sulfone groups is 1. The molecule has 0 N–H and O–H groups in total. The number of non-ortho nitro benzene ring substituents is 1. The summed E-state index contributed by atoms with van der Waals surface area (Å²) in [7, 11) is -3.24. The van der Waals surface area contributed by atoms with Gasteiger partial charge in [-0.05, 0) is 42.8 Å². The Labute approximate surface area is 189 Å². The number of furan rings is 1. The summed E-state index contributed by atoms with van der Waals surface area (Å²) < 4.78 is 30.0. The Bertz CT molecular complexity index is 1270. The van der Waals surface area contributed by atoms with Crippen molar-refractivity contribution in [1.82, 2.24) is 4.90 Å². The zero-order chi connectivity index (χ0) is 22.9. The van der Waals surface area contributed by atoms with Gasteiger partial charge in [0.15, 0.2) is 9.84 Å². The summed E-state index contributed by atoms with van der Waals surface area (Å²) in [6.07, 6.45) is 0.322. The molecule has 2 heterocycles. The summed E-state index contributed by atoms with van der Waals surface area (Å²) in [4.78, 5) is 25.1. The lowest BCUT2D eigenvalue weighted by atomic mass is 10.1. The van der Waals surface area contributed by atoms with Crippen molar-refractivity contribution in [3.63, 3.8) is 0 Å². The molecule has 1 aromatic heterocycles. The van der Waals surface area contributed by atoms with Gasteiger partial charge in [-0.15, -0.1) is 0 Å². The molecule has 0 bridgehead atoms. The summed E-state index contributed by atoms with van der Waals surface area (Å²) in [6, 6.07) is 15.4. The highest BCUT2D eigenvalue weighted by atomic mass is 35.5. The van der Waals surface area contributed by atoms with Gasteiger partial charge in [0.05, 0.1) is 23.0 Å². The molecule has 0 aliphatic carbocycles. The normalized spacial score (nSPS) is 17.2. The number of hydrogen-bond acceptors (Lipinski definition) is 6. The van der Waals surface area contributed by atoms with Crippen LogP contribution in [0.4, 0.5) is 5.69 Å². The van der Waals surface area contributed by atoms with E-state index in [4.69, 9.17) is 16.0 Å². The topological polar surface area (TPSA) is 111 Å². The van der Waals surface area contributed by atoms with Gasteiger partial charge in [0.25, 0.3) is 11.6 Å². The molecule has 0 radical (unpaired) electrons. The van der Waals surface area contributed by atoms with Crippen LogP contribution in [0.25, 0.3) is 11.3 Å². The van der Waals surface area contributed by atoms with E-state index in [2.05, 4.69) is 0 Å². The fourth-order valence-electron chi connectivity index (χ4n) is 3.71. The van der Waals surface area contributed by atoms with E-state index in [1.54, 1.807) is 30.3 Å². The second kappa shape index (κ2) is 8.76. The molecule has 8 nitrogen and oxygen atoms in total. The van der Waals surface area contributed by atoms with E-state index < -0.39 is 26.7 Å². The van der Waals surface area contributed by atoms with Crippen LogP contribution < -0.4 is 0 Å². The van der Waals surface area contributed by atoms with Crippen molar-refractivity contribution in [3.05, 3.63) is 87.1 Å². The van der Waals surface area contributed by atoms with Gasteiger partial charge in [0.2, 0.25) is 0 Å². The van der Waals surface area contributed by atoms with E-state index >= 15 is 0 Å². The molecular weight excluding hydrogens is 456 g/mol. The predicted molar refractivity (Wildman–Crippen MR) is 119 cm³/mol. The second-order valence-corrected chi connectivity index (χ2v) is 10.2. The fourth-order valence-corrected chi connectivity index (χ4v) is 5.63. The summed E-state index contributed by atoms with van der Waals surface area (Å²) in [5, 5.41) is 11.5. The third-order valence-electron chi connectivity index (χ3n) is 5.33. The van der Waals surface area contributed by atoms with Crippen LogP contribution in [-0.4, -0.2) is 41.7 Å². The Morgan fingerprint density at radius 3 is 2.53 bits per heavy atom. The SMILES string of the molecule is O=C(c1ccc([N+](=O)[O-])cc1)N(Cc1ccc(-c2cccc(Cl)c2)o1)[C@H]1CCS(=O)(=O)C1. The predicted octanol–water partition coefficient (Wildman–Crippen LogP) is 4.34. The van der Waals surface area contributed by atoms with Crippen LogP contribution in [0.15, 0.2) is 65.1 Å². The Morgan fingerprint density at radius 1 is 1.16 bits per heavy atom. The number of carbonyl (C=O) groups is 1. The lowest BCUT2D eigenvalue weighted by Crippen LogP contribution is -2.40. The molecule has 1 aliphatic heterocycles. The summed E-state index contributed by atoms with van der Waals surface area (Å²) in [5.74, 6) is 0.521. The van der Waals surface area contributed by atoms with Crippen molar-refractivity contribution in [2.24, 2.45) is 0 Å². The molecule has 1 atom stereocenters. The Balaban J connectivity index is 1.61. The Morgan fingerprint density at radius 2 is 1.91 bits per heavy atom. The first-order valence-corrected chi connectivity index (χ1v) is 12.0. The molecule has 1 saturated heterocycles. The zero-order valence-electron chi connectivity index (χ0n) is 16.8. The van der Waals surface area contributed by atoms with Crippen LogP contribution in [0.5, 0.6) is 0 Å². The van der Waals surface area contributed by atoms with E-state index in [9.17, 15) is 23.3 Å². The van der Waals surface area contributed by atoms with E-state index in [0.29, 0.717) is 23.0 Å². The number of carbonyl (C=O) groups excluding carboxylic acids is 1. The molecule has 0 saturated carbocycles. The standard InChI is InChI=1S/C22H19ClN2O6S/c23-17-3-1-2-16(12-17)21-9-8-20(31-21)13-24(19-10-11-32(29,30)14-19)22(26)15-4-6-18(7-5-15)25(27)28/h1-9,12,19H,10-11,13-14H2/t19-/m0/s1. The molecule has 2 aromatic carbocycles. The molecule has 166 valence electrons. The number of nitro groups is 1. The molecule has 0 spiro atoms. The van der Waals surface area contributed by atoms with E-state index in [0.717, 1.165) is 5.56 Å². The fraction of sp³-hybridized carbons (Fsp3) is 0.227. The smallest absolute Gasteiger partial charge is 0.269 e. The molecular formula is C22H19ClN2O6S. The molecule has 4 rings (SSSR count). The average Bonchev–Trinajstić information content (AvgIpc) is 3.37. The maximum Gasteiger partial charge on any atom is 0.269 e. The van der Waals surface area contributed by atoms with Crippen molar-refractivity contribution >= 4 is 33.0 Å². The van der Waals surface area contributed by atoms with Crippen LogP contribution in [-0.2, 0) is 16.4 Å². The first-order valence-electron chi connectivity index (χ1n) is 9.82. The molecule has 1 fully saturated rings. The van der Waals surface area contributed by atoms with E-state index in [-0.39, 0.29) is 29.3 Å². The molecule has 32 heavy (non-hydrogen) atoms. The average molecular weight is 475 g/mol. The minimum Gasteiger partial charge on any atom is -0.459 e. The Kier molecular flexibility index (Phi) is 6.03. The first-order chi connectivity index (χ1) is 15.2. The van der Waals surface area contributed by atoms with Crippen molar-refractivity contribution in [2.75, 3.05) is 11.5 Å². The van der Waals surface area contributed by atoms with Crippen molar-refractivity contribution in [2.45, 2.75) is 19.0 Å². The summed E-state index contributed by atoms with van der Waals surface area (Å²) >= 11 is 6.05. The molecule has 1 amide bonds. The van der Waals surface area contributed by atoms with Crippen LogP contribution in [0.2, 0.25) is 5.02 Å². The van der Waals surface area contributed by atoms with Gasteiger partial charge in [-0.3, -0.25) is 14.9 Å². The minimum atomic E-state index is -3.24. The monoisotopic (exact) mass is 474 g/mol. The number of benzene rings is 2. The molecule has 3 aromatic rings. The van der Waals surface area contributed by atoms with Gasteiger partial charge in [-0.1, -0.05) is 23.7 Å². The summed E-state index contributed by atoms with van der Waals surface area (Å²) in [6.45, 7) is 0.0660. The highest BCUT2D eigenvalue weighted by Gasteiger charge is 2.35. The molecule has 0 unspecified atom stereocenters. The third kappa shape index (κ3) is 4.84. The number of nitro benzene ring substituents is 1. The first kappa shape index (κ1) is 22.0.